The molecule has 3 N–H and O–H groups in total. The lowest BCUT2D eigenvalue weighted by Crippen LogP contribution is -2.41. The molecule has 1 aromatic rings. The second-order valence-electron chi connectivity index (χ2n) is 7.15. The topological polar surface area (TPSA) is 115 Å². The molecule has 1 aromatic carbocycles. The Bertz CT molecular complexity index is 767. The van der Waals surface area contributed by atoms with Crippen molar-refractivity contribution >= 4 is 11.9 Å². The van der Waals surface area contributed by atoms with Crippen LogP contribution >= 0.6 is 0 Å². The summed E-state index contributed by atoms with van der Waals surface area (Å²) >= 11 is 0. The van der Waals surface area contributed by atoms with Gasteiger partial charge in [-0.15, -0.1) is 0 Å². The summed E-state index contributed by atoms with van der Waals surface area (Å²) in [6.07, 6.45) is -0.183. The van der Waals surface area contributed by atoms with Gasteiger partial charge in [0.05, 0.1) is 13.2 Å². The largest absolute Gasteiger partial charge is 0.491 e. The van der Waals surface area contributed by atoms with Gasteiger partial charge in [-0.25, -0.2) is 4.79 Å². The summed E-state index contributed by atoms with van der Waals surface area (Å²) < 4.78 is 17.0. The summed E-state index contributed by atoms with van der Waals surface area (Å²) in [7, 11) is 0. The highest BCUT2D eigenvalue weighted by molar-refractivity contribution is 5.90. The second-order valence-corrected chi connectivity index (χ2v) is 7.15. The van der Waals surface area contributed by atoms with Gasteiger partial charge in [-0.3, -0.25) is 10.0 Å². The van der Waals surface area contributed by atoms with Gasteiger partial charge in [-0.2, -0.15) is 5.06 Å². The predicted molar refractivity (Wildman–Crippen MR) is 87.2 cm³/mol. The van der Waals surface area contributed by atoms with Crippen LogP contribution in [0.15, 0.2) is 18.2 Å². The summed E-state index contributed by atoms with van der Waals surface area (Å²) in [4.78, 5) is 25.3. The van der Waals surface area contributed by atoms with Crippen molar-refractivity contribution in [1.82, 2.24) is 9.96 Å². The molecule has 2 fully saturated rings. The van der Waals surface area contributed by atoms with E-state index in [0.29, 0.717) is 35.2 Å². The van der Waals surface area contributed by atoms with E-state index in [0.717, 1.165) is 0 Å². The predicted octanol–water partition coefficient (Wildman–Crippen LogP) is 0.925. The highest BCUT2D eigenvalue weighted by Crippen LogP contribution is 2.44. The SMILES string of the molecule is CC1(C)OCC(COc2ccc3c(c2)[C@H]2CN(C(=O)N2O)C3C(N)=O)O1. The van der Waals surface area contributed by atoms with Crippen LogP contribution in [-0.2, 0) is 14.3 Å². The zero-order valence-corrected chi connectivity index (χ0v) is 14.5. The van der Waals surface area contributed by atoms with Gasteiger partial charge in [0.1, 0.15) is 30.5 Å². The summed E-state index contributed by atoms with van der Waals surface area (Å²) in [5, 5.41) is 10.7. The van der Waals surface area contributed by atoms with E-state index in [9.17, 15) is 14.8 Å². The summed E-state index contributed by atoms with van der Waals surface area (Å²) in [5.74, 6) is -0.703. The fraction of sp³-hybridized carbons (Fsp3) is 0.529. The smallest absolute Gasteiger partial charge is 0.345 e. The lowest BCUT2D eigenvalue weighted by Gasteiger charge is -2.30. The number of nitrogens with zero attached hydrogens (tertiary/aromatic N) is 2. The van der Waals surface area contributed by atoms with E-state index in [2.05, 4.69) is 0 Å². The third-order valence-corrected chi connectivity index (χ3v) is 4.90. The van der Waals surface area contributed by atoms with Crippen LogP contribution in [0.2, 0.25) is 0 Å². The highest BCUT2D eigenvalue weighted by atomic mass is 16.7. The number of hydroxylamine groups is 2. The van der Waals surface area contributed by atoms with Gasteiger partial charge >= 0.3 is 6.03 Å². The molecule has 3 aliphatic heterocycles. The average molecular weight is 363 g/mol. The molecule has 0 spiro atoms. The van der Waals surface area contributed by atoms with Gasteiger partial charge in [-0.1, -0.05) is 6.07 Å². The number of hydrogen-bond acceptors (Lipinski definition) is 6. The number of urea groups is 1. The minimum Gasteiger partial charge on any atom is -0.491 e. The minimum atomic E-state index is -0.896. The molecule has 2 bridgehead atoms. The summed E-state index contributed by atoms with van der Waals surface area (Å²) in [5.41, 5.74) is 6.74. The number of ether oxygens (including phenoxy) is 3. The first kappa shape index (κ1) is 17.1. The number of carbonyl (C=O) groups excluding carboxylic acids is 2. The normalized spacial score (nSPS) is 29.0. The molecule has 4 rings (SSSR count). The fourth-order valence-corrected chi connectivity index (χ4v) is 3.74. The average Bonchev–Trinajstić information content (AvgIpc) is 3.06. The van der Waals surface area contributed by atoms with Gasteiger partial charge in [0, 0.05) is 0 Å². The van der Waals surface area contributed by atoms with Crippen molar-refractivity contribution in [1.29, 1.82) is 0 Å². The molecule has 0 aliphatic carbocycles. The molecule has 3 atom stereocenters. The maximum atomic E-state index is 12.1. The number of amides is 3. The van der Waals surface area contributed by atoms with Gasteiger partial charge in [0.25, 0.3) is 0 Å². The lowest BCUT2D eigenvalue weighted by atomic mass is 9.90. The van der Waals surface area contributed by atoms with Gasteiger partial charge < -0.3 is 24.8 Å². The zero-order chi connectivity index (χ0) is 18.6. The van der Waals surface area contributed by atoms with Crippen LogP contribution in [0.5, 0.6) is 5.75 Å². The quantitative estimate of drug-likeness (QED) is 0.769. The van der Waals surface area contributed by atoms with Crippen molar-refractivity contribution < 1.29 is 29.0 Å². The molecule has 2 unspecified atom stereocenters. The van der Waals surface area contributed by atoms with Crippen LogP contribution in [0, 0.1) is 0 Å². The Balaban J connectivity index is 1.57. The highest BCUT2D eigenvalue weighted by Gasteiger charge is 2.49. The minimum absolute atomic E-state index is 0.183. The molecular weight excluding hydrogens is 342 g/mol. The van der Waals surface area contributed by atoms with Crippen molar-refractivity contribution in [3.05, 3.63) is 29.3 Å². The Labute approximate surface area is 150 Å². The standard InChI is InChI=1S/C17H21N3O6/c1-17(2)25-8-10(26-17)7-24-9-3-4-11-12(5-9)13-6-19(14(11)15(18)21)16(22)20(13)23/h3-5,10,13-14,23H,6-8H2,1-2H3,(H2,18,21)/t10?,13-,14?/m1/s1. The van der Waals surface area contributed by atoms with Crippen molar-refractivity contribution in [3.8, 4) is 5.75 Å². The van der Waals surface area contributed by atoms with Crippen molar-refractivity contribution in [2.75, 3.05) is 19.8 Å². The Morgan fingerprint density at radius 3 is 2.85 bits per heavy atom. The fourth-order valence-electron chi connectivity index (χ4n) is 3.74. The number of fused-ring (bicyclic) bond motifs is 4. The maximum Gasteiger partial charge on any atom is 0.345 e. The maximum absolute atomic E-state index is 12.1. The van der Waals surface area contributed by atoms with Gasteiger partial charge in [-0.05, 0) is 37.1 Å². The van der Waals surface area contributed by atoms with Crippen molar-refractivity contribution in [2.24, 2.45) is 5.73 Å². The van der Waals surface area contributed by atoms with Crippen LogP contribution in [0.25, 0.3) is 0 Å². The first-order chi connectivity index (χ1) is 12.3. The Hall–Kier alpha value is -2.36. The second kappa shape index (κ2) is 5.83. The van der Waals surface area contributed by atoms with Crippen LogP contribution < -0.4 is 10.5 Å². The number of benzene rings is 1. The van der Waals surface area contributed by atoms with E-state index in [4.69, 9.17) is 19.9 Å². The molecule has 9 nitrogen and oxygen atoms in total. The van der Waals surface area contributed by atoms with Crippen LogP contribution in [0.1, 0.15) is 37.1 Å². The van der Waals surface area contributed by atoms with Gasteiger partial charge in [0.15, 0.2) is 5.79 Å². The lowest BCUT2D eigenvalue weighted by molar-refractivity contribution is -0.141. The third-order valence-electron chi connectivity index (χ3n) is 4.90. The first-order valence-corrected chi connectivity index (χ1v) is 8.43. The Kier molecular flexibility index (Phi) is 3.83. The molecule has 3 heterocycles. The summed E-state index contributed by atoms with van der Waals surface area (Å²) in [6.45, 7) is 4.63. The molecule has 3 amide bonds. The zero-order valence-electron chi connectivity index (χ0n) is 14.5. The number of hydrogen-bond donors (Lipinski definition) is 2. The third kappa shape index (κ3) is 2.68. The van der Waals surface area contributed by atoms with E-state index in [1.54, 1.807) is 18.2 Å². The van der Waals surface area contributed by atoms with Crippen LogP contribution in [0.3, 0.4) is 0 Å². The number of rotatable bonds is 4. The molecule has 0 saturated carbocycles. The molecule has 0 radical (unpaired) electrons. The van der Waals surface area contributed by atoms with Crippen molar-refractivity contribution in [3.63, 3.8) is 0 Å². The van der Waals surface area contributed by atoms with Crippen molar-refractivity contribution in [2.45, 2.75) is 37.8 Å². The van der Waals surface area contributed by atoms with E-state index >= 15 is 0 Å². The molecule has 2 saturated heterocycles. The molecule has 3 aliphatic rings. The van der Waals surface area contributed by atoms with E-state index in [1.165, 1.54) is 4.90 Å². The molecule has 0 aromatic heterocycles. The van der Waals surface area contributed by atoms with E-state index < -0.39 is 29.8 Å². The Morgan fingerprint density at radius 1 is 1.42 bits per heavy atom. The monoisotopic (exact) mass is 363 g/mol. The van der Waals surface area contributed by atoms with Crippen LogP contribution in [-0.4, -0.2) is 58.8 Å². The van der Waals surface area contributed by atoms with E-state index in [-0.39, 0.29) is 12.6 Å². The first-order valence-electron chi connectivity index (χ1n) is 8.43. The van der Waals surface area contributed by atoms with E-state index in [1.807, 2.05) is 13.8 Å². The molecular formula is C17H21N3O6. The number of primary amides is 1. The number of nitrogens with two attached hydrogens (primary N) is 1. The summed E-state index contributed by atoms with van der Waals surface area (Å²) in [6, 6.07) is 3.08. The Morgan fingerprint density at radius 2 is 2.19 bits per heavy atom. The molecule has 9 heteroatoms. The number of carbonyl (C=O) groups is 2. The van der Waals surface area contributed by atoms with Crippen LogP contribution in [0.4, 0.5) is 4.79 Å². The molecule has 140 valence electrons. The molecule has 26 heavy (non-hydrogen) atoms. The van der Waals surface area contributed by atoms with Gasteiger partial charge in [0.2, 0.25) is 5.91 Å².